The van der Waals surface area contributed by atoms with Crippen LogP contribution in [-0.4, -0.2) is 66.7 Å². The molecule has 8 heteroatoms. The van der Waals surface area contributed by atoms with Gasteiger partial charge in [-0.25, -0.2) is 9.67 Å². The number of benzene rings is 1. The maximum atomic E-state index is 5.97. The molecule has 2 heterocycles. The van der Waals surface area contributed by atoms with Crippen LogP contribution in [0.4, 0.5) is 0 Å². The maximum absolute atomic E-state index is 5.97. The van der Waals surface area contributed by atoms with Crippen molar-refractivity contribution in [3.63, 3.8) is 0 Å². The van der Waals surface area contributed by atoms with Gasteiger partial charge in [-0.3, -0.25) is 0 Å². The van der Waals surface area contributed by atoms with E-state index in [0.29, 0.717) is 12.6 Å². The van der Waals surface area contributed by atoms with Crippen LogP contribution in [0.3, 0.4) is 0 Å². The van der Waals surface area contributed by atoms with Crippen molar-refractivity contribution in [3.05, 3.63) is 48.3 Å². The normalized spacial score (nSPS) is 15.1. The van der Waals surface area contributed by atoms with Crippen LogP contribution in [0.1, 0.15) is 31.7 Å². The van der Waals surface area contributed by atoms with Crippen molar-refractivity contribution in [2.45, 2.75) is 38.8 Å². The summed E-state index contributed by atoms with van der Waals surface area (Å²) in [7, 11) is 1.73. The molecule has 3 rings (SSSR count). The first-order valence-electron chi connectivity index (χ1n) is 10.5. The summed E-state index contributed by atoms with van der Waals surface area (Å²) in [5.41, 5.74) is 2.16. The highest BCUT2D eigenvalue weighted by Gasteiger charge is 2.21. The number of nitrogens with zero attached hydrogens (tertiary/aromatic N) is 4. The van der Waals surface area contributed by atoms with Gasteiger partial charge in [0.1, 0.15) is 0 Å². The summed E-state index contributed by atoms with van der Waals surface area (Å²) in [5, 5.41) is 7.89. The number of hydrogen-bond donors (Lipinski definition) is 1. The van der Waals surface area contributed by atoms with Gasteiger partial charge < -0.3 is 19.7 Å². The number of guanidine groups is 1. The molecule has 1 aliphatic heterocycles. The number of aromatic nitrogens is 2. The summed E-state index contributed by atoms with van der Waals surface area (Å²) in [5.74, 6) is 0.970. The Morgan fingerprint density at radius 1 is 1.20 bits per heavy atom. The summed E-state index contributed by atoms with van der Waals surface area (Å²) < 4.78 is 12.9. The lowest BCUT2D eigenvalue weighted by Gasteiger charge is -2.34. The fourth-order valence-corrected chi connectivity index (χ4v) is 3.44. The first kappa shape index (κ1) is 24.6. The number of nitrogens with one attached hydrogen (secondary N) is 1. The molecule has 0 unspecified atom stereocenters. The molecule has 0 radical (unpaired) electrons. The van der Waals surface area contributed by atoms with Crippen LogP contribution < -0.4 is 5.32 Å². The number of ether oxygens (including phenoxy) is 2. The molecule has 0 atom stereocenters. The Bertz CT molecular complexity index is 745. The second-order valence-electron chi connectivity index (χ2n) is 7.20. The van der Waals surface area contributed by atoms with E-state index in [1.165, 1.54) is 0 Å². The van der Waals surface area contributed by atoms with Gasteiger partial charge in [0.05, 0.1) is 24.5 Å². The lowest BCUT2D eigenvalue weighted by atomic mass is 10.1. The number of para-hydroxylation sites is 1. The number of methoxy groups -OCH3 is 1. The molecule has 2 aromatic rings. The zero-order valence-electron chi connectivity index (χ0n) is 18.0. The van der Waals surface area contributed by atoms with E-state index >= 15 is 0 Å². The number of aliphatic imine (C=N–C) groups is 1. The summed E-state index contributed by atoms with van der Waals surface area (Å²) >= 11 is 0. The van der Waals surface area contributed by atoms with Crippen LogP contribution in [0.2, 0.25) is 0 Å². The fourth-order valence-electron chi connectivity index (χ4n) is 3.44. The monoisotopic (exact) mass is 527 g/mol. The topological polar surface area (TPSA) is 63.9 Å². The molecule has 1 aromatic heterocycles. The van der Waals surface area contributed by atoms with Crippen molar-refractivity contribution in [1.29, 1.82) is 0 Å². The van der Waals surface area contributed by atoms with Gasteiger partial charge in [0, 0.05) is 51.7 Å². The lowest BCUT2D eigenvalue weighted by Crippen LogP contribution is -2.47. The summed E-state index contributed by atoms with van der Waals surface area (Å²) in [6.07, 6.45) is 7.29. The van der Waals surface area contributed by atoms with Crippen LogP contribution in [0.5, 0.6) is 0 Å². The predicted octanol–water partition coefficient (Wildman–Crippen LogP) is 3.47. The van der Waals surface area contributed by atoms with E-state index < -0.39 is 0 Å². The molecule has 1 N–H and O–H groups in total. The van der Waals surface area contributed by atoms with Gasteiger partial charge >= 0.3 is 0 Å². The summed E-state index contributed by atoms with van der Waals surface area (Å²) in [4.78, 5) is 7.18. The third kappa shape index (κ3) is 7.55. The number of rotatable bonds is 9. The van der Waals surface area contributed by atoms with Crippen molar-refractivity contribution < 1.29 is 9.47 Å². The first-order chi connectivity index (χ1) is 14.3. The second kappa shape index (κ2) is 13.6. The predicted molar refractivity (Wildman–Crippen MR) is 131 cm³/mol. The molecule has 1 saturated heterocycles. The van der Waals surface area contributed by atoms with Crippen molar-refractivity contribution in [2.24, 2.45) is 4.99 Å². The van der Waals surface area contributed by atoms with E-state index in [0.717, 1.165) is 69.3 Å². The number of likely N-dealkylation sites (tertiary alicyclic amines) is 1. The van der Waals surface area contributed by atoms with E-state index in [1.807, 2.05) is 47.4 Å². The minimum absolute atomic E-state index is 0. The largest absolute Gasteiger partial charge is 0.385 e. The van der Waals surface area contributed by atoms with Crippen LogP contribution in [0, 0.1) is 0 Å². The average Bonchev–Trinajstić information content (AvgIpc) is 3.24. The Kier molecular flexibility index (Phi) is 11.2. The number of halogens is 1. The standard InChI is InChI=1S/C22H33N5O2.HI/c1-3-23-22(26-12-10-21(11-13-26)29-15-7-14-28-2)24-16-19-17-25-27(18-19)20-8-5-4-6-9-20;/h4-6,8-9,17-18,21H,3,7,10-16H2,1-2H3,(H,23,24);1H. The third-order valence-electron chi connectivity index (χ3n) is 4.99. The fraction of sp³-hybridized carbons (Fsp3) is 0.545. The van der Waals surface area contributed by atoms with Gasteiger partial charge in [-0.1, -0.05) is 18.2 Å². The quantitative estimate of drug-likeness (QED) is 0.234. The van der Waals surface area contributed by atoms with E-state index in [-0.39, 0.29) is 24.0 Å². The zero-order valence-corrected chi connectivity index (χ0v) is 20.3. The van der Waals surface area contributed by atoms with Crippen LogP contribution >= 0.6 is 24.0 Å². The molecule has 30 heavy (non-hydrogen) atoms. The van der Waals surface area contributed by atoms with Crippen LogP contribution in [0.15, 0.2) is 47.7 Å². The van der Waals surface area contributed by atoms with Crippen LogP contribution in [0.25, 0.3) is 5.69 Å². The Balaban J connectivity index is 0.00000320. The molecule has 1 fully saturated rings. The highest BCUT2D eigenvalue weighted by Crippen LogP contribution is 2.15. The minimum atomic E-state index is 0. The third-order valence-corrected chi connectivity index (χ3v) is 4.99. The molecular formula is C22H34IN5O2. The van der Waals surface area contributed by atoms with Gasteiger partial charge in [0.2, 0.25) is 0 Å². The highest BCUT2D eigenvalue weighted by molar-refractivity contribution is 14.0. The van der Waals surface area contributed by atoms with Crippen LogP contribution in [-0.2, 0) is 16.0 Å². The molecule has 0 spiro atoms. The Labute approximate surface area is 196 Å². The number of hydrogen-bond acceptors (Lipinski definition) is 4. The van der Waals surface area contributed by atoms with Crippen molar-refractivity contribution >= 4 is 29.9 Å². The smallest absolute Gasteiger partial charge is 0.194 e. The Hall–Kier alpha value is -1.65. The van der Waals surface area contributed by atoms with Crippen molar-refractivity contribution in [2.75, 3.05) is 40.0 Å². The molecule has 1 aliphatic rings. The Morgan fingerprint density at radius 3 is 2.67 bits per heavy atom. The molecule has 7 nitrogen and oxygen atoms in total. The zero-order chi connectivity index (χ0) is 20.3. The molecule has 0 amide bonds. The molecule has 166 valence electrons. The molecule has 0 aliphatic carbocycles. The SMILES string of the molecule is CCNC(=NCc1cnn(-c2ccccc2)c1)N1CCC(OCCCOC)CC1.I. The minimum Gasteiger partial charge on any atom is -0.385 e. The van der Waals surface area contributed by atoms with E-state index in [4.69, 9.17) is 14.5 Å². The van der Waals surface area contributed by atoms with E-state index in [1.54, 1.807) is 7.11 Å². The van der Waals surface area contributed by atoms with Gasteiger partial charge in [0.15, 0.2) is 5.96 Å². The lowest BCUT2D eigenvalue weighted by molar-refractivity contribution is 0.00990. The van der Waals surface area contributed by atoms with Crippen molar-refractivity contribution in [1.82, 2.24) is 20.0 Å². The maximum Gasteiger partial charge on any atom is 0.194 e. The Morgan fingerprint density at radius 2 is 1.97 bits per heavy atom. The molecule has 1 aromatic carbocycles. The molecule has 0 bridgehead atoms. The van der Waals surface area contributed by atoms with Gasteiger partial charge in [-0.05, 0) is 38.3 Å². The van der Waals surface area contributed by atoms with E-state index in [2.05, 4.69) is 22.2 Å². The van der Waals surface area contributed by atoms with E-state index in [9.17, 15) is 0 Å². The molecule has 0 saturated carbocycles. The number of piperidine rings is 1. The average molecular weight is 527 g/mol. The first-order valence-corrected chi connectivity index (χ1v) is 10.5. The highest BCUT2D eigenvalue weighted by atomic mass is 127. The summed E-state index contributed by atoms with van der Waals surface area (Å²) in [6.45, 7) is 7.04. The summed E-state index contributed by atoms with van der Waals surface area (Å²) in [6, 6.07) is 10.1. The van der Waals surface area contributed by atoms with Gasteiger partial charge in [-0.15, -0.1) is 24.0 Å². The van der Waals surface area contributed by atoms with Gasteiger partial charge in [0.25, 0.3) is 0 Å². The molecular weight excluding hydrogens is 493 g/mol. The van der Waals surface area contributed by atoms with Gasteiger partial charge in [-0.2, -0.15) is 5.10 Å². The second-order valence-corrected chi connectivity index (χ2v) is 7.20. The van der Waals surface area contributed by atoms with Crippen molar-refractivity contribution in [3.8, 4) is 5.69 Å².